The highest BCUT2D eigenvalue weighted by molar-refractivity contribution is 5.98. The lowest BCUT2D eigenvalue weighted by molar-refractivity contribution is -0.118. The zero-order valence-electron chi connectivity index (χ0n) is 13.6. The van der Waals surface area contributed by atoms with Gasteiger partial charge in [0.1, 0.15) is 0 Å². The van der Waals surface area contributed by atoms with E-state index in [2.05, 4.69) is 34.9 Å². The van der Waals surface area contributed by atoms with Crippen molar-refractivity contribution in [1.29, 1.82) is 0 Å². The molecule has 4 nitrogen and oxygen atoms in total. The van der Waals surface area contributed by atoms with Crippen molar-refractivity contribution in [3.63, 3.8) is 0 Å². The summed E-state index contributed by atoms with van der Waals surface area (Å²) < 4.78 is 0. The van der Waals surface area contributed by atoms with E-state index in [4.69, 9.17) is 0 Å². The third-order valence-corrected chi connectivity index (χ3v) is 4.88. The van der Waals surface area contributed by atoms with Crippen LogP contribution in [0.25, 0.3) is 0 Å². The average Bonchev–Trinajstić information content (AvgIpc) is 2.70. The van der Waals surface area contributed by atoms with Crippen molar-refractivity contribution in [3.8, 4) is 0 Å². The topological polar surface area (TPSA) is 26.8 Å². The number of para-hydroxylation sites is 2. The number of carbonyl (C=O) groups is 1. The molecular formula is C18H27N3O. The molecule has 120 valence electrons. The Bertz CT molecular complexity index is 511. The molecule has 1 saturated heterocycles. The van der Waals surface area contributed by atoms with Crippen molar-refractivity contribution in [2.75, 3.05) is 49.1 Å². The number of anilines is 2. The van der Waals surface area contributed by atoms with Gasteiger partial charge in [0.05, 0.1) is 11.4 Å². The first-order chi connectivity index (χ1) is 10.8. The lowest BCUT2D eigenvalue weighted by Crippen LogP contribution is -2.40. The average molecular weight is 301 g/mol. The Balaban J connectivity index is 1.77. The molecule has 2 aliphatic heterocycles. The zero-order valence-corrected chi connectivity index (χ0v) is 13.6. The third kappa shape index (κ3) is 3.27. The maximum Gasteiger partial charge on any atom is 0.228 e. The number of fused-ring (bicyclic) bond motifs is 1. The standard InChI is InChI=1S/C18H27N3O/c1-2-20-13-10-18(22)21(17-9-5-4-8-16(17)20)15-14-19-11-6-3-7-12-19/h4-5,8-9H,2-3,6-7,10-15H2,1H3. The van der Waals surface area contributed by atoms with Crippen LogP contribution in [0.2, 0.25) is 0 Å². The molecule has 1 aromatic carbocycles. The lowest BCUT2D eigenvalue weighted by Gasteiger charge is -2.30. The first-order valence-corrected chi connectivity index (χ1v) is 8.66. The molecular weight excluding hydrogens is 274 g/mol. The molecule has 0 unspecified atom stereocenters. The highest BCUT2D eigenvalue weighted by atomic mass is 16.2. The largest absolute Gasteiger partial charge is 0.370 e. The molecule has 22 heavy (non-hydrogen) atoms. The molecule has 2 aliphatic rings. The number of likely N-dealkylation sites (tertiary alicyclic amines) is 1. The minimum absolute atomic E-state index is 0.264. The van der Waals surface area contributed by atoms with Gasteiger partial charge in [0.2, 0.25) is 5.91 Å². The minimum Gasteiger partial charge on any atom is -0.370 e. The number of carbonyl (C=O) groups excluding carboxylic acids is 1. The third-order valence-electron chi connectivity index (χ3n) is 4.88. The molecule has 1 amide bonds. The molecule has 0 N–H and O–H groups in total. The van der Waals surface area contributed by atoms with E-state index in [1.54, 1.807) is 0 Å². The van der Waals surface area contributed by atoms with Crippen molar-refractivity contribution in [2.45, 2.75) is 32.6 Å². The summed E-state index contributed by atoms with van der Waals surface area (Å²) >= 11 is 0. The fourth-order valence-corrected chi connectivity index (χ4v) is 3.58. The molecule has 3 rings (SSSR count). The Morgan fingerprint density at radius 2 is 1.68 bits per heavy atom. The Kier molecular flexibility index (Phi) is 4.98. The highest BCUT2D eigenvalue weighted by Crippen LogP contribution is 2.32. The van der Waals surface area contributed by atoms with Crippen LogP contribution in [0, 0.1) is 0 Å². The number of benzene rings is 1. The van der Waals surface area contributed by atoms with Gasteiger partial charge in [0.25, 0.3) is 0 Å². The van der Waals surface area contributed by atoms with Crippen LogP contribution in [0.1, 0.15) is 32.6 Å². The van der Waals surface area contributed by atoms with Gasteiger partial charge in [0.15, 0.2) is 0 Å². The molecule has 0 spiro atoms. The van der Waals surface area contributed by atoms with Gasteiger partial charge in [-0.1, -0.05) is 18.6 Å². The van der Waals surface area contributed by atoms with Gasteiger partial charge in [-0.05, 0) is 45.0 Å². The second-order valence-corrected chi connectivity index (χ2v) is 6.27. The first-order valence-electron chi connectivity index (χ1n) is 8.66. The van der Waals surface area contributed by atoms with Crippen molar-refractivity contribution >= 4 is 17.3 Å². The number of hydrogen-bond acceptors (Lipinski definition) is 3. The van der Waals surface area contributed by atoms with E-state index in [-0.39, 0.29) is 5.91 Å². The molecule has 0 atom stereocenters. The van der Waals surface area contributed by atoms with Crippen LogP contribution >= 0.6 is 0 Å². The normalized spacial score (nSPS) is 20.0. The van der Waals surface area contributed by atoms with Gasteiger partial charge in [-0.15, -0.1) is 0 Å². The van der Waals surface area contributed by atoms with Crippen molar-refractivity contribution in [3.05, 3.63) is 24.3 Å². The Hall–Kier alpha value is -1.55. The molecule has 0 radical (unpaired) electrons. The molecule has 0 bridgehead atoms. The number of rotatable bonds is 4. The van der Waals surface area contributed by atoms with Crippen LogP contribution in [0.5, 0.6) is 0 Å². The predicted octanol–water partition coefficient (Wildman–Crippen LogP) is 2.74. The summed E-state index contributed by atoms with van der Waals surface area (Å²) in [6.45, 7) is 8.11. The van der Waals surface area contributed by atoms with Gasteiger partial charge in [-0.25, -0.2) is 0 Å². The second kappa shape index (κ2) is 7.14. The maximum absolute atomic E-state index is 12.6. The molecule has 1 aromatic rings. The summed E-state index contributed by atoms with van der Waals surface area (Å²) in [5.74, 6) is 0.264. The van der Waals surface area contributed by atoms with Crippen LogP contribution in [-0.4, -0.2) is 50.1 Å². The first kappa shape index (κ1) is 15.3. The summed E-state index contributed by atoms with van der Waals surface area (Å²) in [5.41, 5.74) is 2.29. The van der Waals surface area contributed by atoms with Crippen molar-refractivity contribution in [2.24, 2.45) is 0 Å². The summed E-state index contributed by atoms with van der Waals surface area (Å²) in [7, 11) is 0. The molecule has 0 aliphatic carbocycles. The Morgan fingerprint density at radius 3 is 2.41 bits per heavy atom. The zero-order chi connectivity index (χ0) is 15.4. The van der Waals surface area contributed by atoms with Gasteiger partial charge >= 0.3 is 0 Å². The fourth-order valence-electron chi connectivity index (χ4n) is 3.58. The molecule has 0 saturated carbocycles. The SMILES string of the molecule is CCN1CCC(=O)N(CCN2CCCCC2)c2ccccc21. The molecule has 0 aromatic heterocycles. The Morgan fingerprint density at radius 1 is 0.955 bits per heavy atom. The van der Waals surface area contributed by atoms with E-state index < -0.39 is 0 Å². The van der Waals surface area contributed by atoms with E-state index in [1.807, 2.05) is 11.0 Å². The number of piperidine rings is 1. The van der Waals surface area contributed by atoms with Crippen molar-refractivity contribution in [1.82, 2.24) is 4.90 Å². The van der Waals surface area contributed by atoms with Crippen LogP contribution in [0.4, 0.5) is 11.4 Å². The predicted molar refractivity (Wildman–Crippen MR) is 91.6 cm³/mol. The number of nitrogens with zero attached hydrogens (tertiary/aromatic N) is 3. The maximum atomic E-state index is 12.6. The molecule has 1 fully saturated rings. The van der Waals surface area contributed by atoms with E-state index in [1.165, 1.54) is 38.0 Å². The van der Waals surface area contributed by atoms with Crippen molar-refractivity contribution < 1.29 is 4.79 Å². The monoisotopic (exact) mass is 301 g/mol. The van der Waals surface area contributed by atoms with Crippen LogP contribution in [0.15, 0.2) is 24.3 Å². The minimum atomic E-state index is 0.264. The van der Waals surface area contributed by atoms with E-state index in [0.717, 1.165) is 31.9 Å². The molecule has 2 heterocycles. The smallest absolute Gasteiger partial charge is 0.228 e. The van der Waals surface area contributed by atoms with Gasteiger partial charge in [-0.2, -0.15) is 0 Å². The number of hydrogen-bond donors (Lipinski definition) is 0. The van der Waals surface area contributed by atoms with Gasteiger partial charge in [0, 0.05) is 32.6 Å². The molecule has 4 heteroatoms. The summed E-state index contributed by atoms with van der Waals surface area (Å²) in [5, 5.41) is 0. The van der Waals surface area contributed by atoms with Crippen LogP contribution in [-0.2, 0) is 4.79 Å². The van der Waals surface area contributed by atoms with Gasteiger partial charge in [-0.3, -0.25) is 4.79 Å². The van der Waals surface area contributed by atoms with E-state index in [0.29, 0.717) is 6.42 Å². The number of amides is 1. The summed E-state index contributed by atoms with van der Waals surface area (Å²) in [6, 6.07) is 8.35. The summed E-state index contributed by atoms with van der Waals surface area (Å²) in [6.07, 6.45) is 4.57. The van der Waals surface area contributed by atoms with Gasteiger partial charge < -0.3 is 14.7 Å². The Labute approximate surface area is 133 Å². The second-order valence-electron chi connectivity index (χ2n) is 6.27. The summed E-state index contributed by atoms with van der Waals surface area (Å²) in [4.78, 5) is 19.4. The van der Waals surface area contributed by atoms with Crippen LogP contribution < -0.4 is 9.80 Å². The van der Waals surface area contributed by atoms with Crippen LogP contribution in [0.3, 0.4) is 0 Å². The lowest BCUT2D eigenvalue weighted by atomic mass is 10.1. The van der Waals surface area contributed by atoms with E-state index >= 15 is 0 Å². The van der Waals surface area contributed by atoms with E-state index in [9.17, 15) is 4.79 Å². The fraction of sp³-hybridized carbons (Fsp3) is 0.611. The quantitative estimate of drug-likeness (QED) is 0.855. The highest BCUT2D eigenvalue weighted by Gasteiger charge is 2.25.